The standard InChI is InChI=1S/C17H19ClN4O/c18-15-14(12-19-20-16(15)23)21-8-10-22(11-9-21)17(6-7-17)13-4-2-1-3-5-13/h1-5,12H,6-11H2,(H,20,23). The first-order valence-corrected chi connectivity index (χ1v) is 8.37. The maximum atomic E-state index is 11.6. The van der Waals surface area contributed by atoms with Crippen LogP contribution >= 0.6 is 11.6 Å². The summed E-state index contributed by atoms with van der Waals surface area (Å²) >= 11 is 6.12. The van der Waals surface area contributed by atoms with Crippen molar-refractivity contribution in [1.29, 1.82) is 0 Å². The fourth-order valence-electron chi connectivity index (χ4n) is 3.62. The van der Waals surface area contributed by atoms with Crippen molar-refractivity contribution < 1.29 is 0 Å². The summed E-state index contributed by atoms with van der Waals surface area (Å²) in [5.41, 5.74) is 2.06. The lowest BCUT2D eigenvalue weighted by molar-refractivity contribution is 0.166. The van der Waals surface area contributed by atoms with Crippen LogP contribution in [0.2, 0.25) is 5.02 Å². The Morgan fingerprint density at radius 1 is 1.09 bits per heavy atom. The number of hydrogen-bond donors (Lipinski definition) is 1. The molecule has 120 valence electrons. The number of piperazine rings is 1. The predicted molar refractivity (Wildman–Crippen MR) is 91.0 cm³/mol. The Labute approximate surface area is 139 Å². The number of halogens is 1. The molecule has 0 amide bonds. The Balaban J connectivity index is 1.50. The van der Waals surface area contributed by atoms with E-state index in [0.717, 1.165) is 31.9 Å². The van der Waals surface area contributed by atoms with Crippen LogP contribution in [0, 0.1) is 0 Å². The van der Waals surface area contributed by atoms with E-state index >= 15 is 0 Å². The van der Waals surface area contributed by atoms with Crippen LogP contribution < -0.4 is 10.5 Å². The quantitative estimate of drug-likeness (QED) is 0.937. The number of aromatic nitrogens is 2. The molecule has 2 heterocycles. The Kier molecular flexibility index (Phi) is 3.62. The van der Waals surface area contributed by atoms with Gasteiger partial charge in [0.05, 0.1) is 11.9 Å². The van der Waals surface area contributed by atoms with Crippen LogP contribution in [-0.4, -0.2) is 41.3 Å². The van der Waals surface area contributed by atoms with Crippen molar-refractivity contribution in [3.05, 3.63) is 57.5 Å². The number of aromatic amines is 1. The highest BCUT2D eigenvalue weighted by atomic mass is 35.5. The molecular formula is C17H19ClN4O. The van der Waals surface area contributed by atoms with Gasteiger partial charge in [-0.25, -0.2) is 5.10 Å². The minimum atomic E-state index is -0.324. The summed E-state index contributed by atoms with van der Waals surface area (Å²) in [6.07, 6.45) is 4.10. The molecule has 5 nitrogen and oxygen atoms in total. The smallest absolute Gasteiger partial charge is 0.285 e. The molecule has 2 aromatic rings. The summed E-state index contributed by atoms with van der Waals surface area (Å²) < 4.78 is 0. The SMILES string of the molecule is O=c1[nH]ncc(N2CCN(C3(c4ccccc4)CC3)CC2)c1Cl. The van der Waals surface area contributed by atoms with Gasteiger partial charge >= 0.3 is 0 Å². The van der Waals surface area contributed by atoms with Gasteiger partial charge in [0.15, 0.2) is 0 Å². The van der Waals surface area contributed by atoms with Crippen molar-refractivity contribution in [2.24, 2.45) is 0 Å². The van der Waals surface area contributed by atoms with Gasteiger partial charge in [-0.1, -0.05) is 41.9 Å². The molecule has 2 aliphatic rings. The van der Waals surface area contributed by atoms with Gasteiger partial charge in [-0.15, -0.1) is 0 Å². The van der Waals surface area contributed by atoms with Crippen molar-refractivity contribution in [3.63, 3.8) is 0 Å². The lowest BCUT2D eigenvalue weighted by Crippen LogP contribution is -2.50. The highest BCUT2D eigenvalue weighted by molar-refractivity contribution is 6.32. The predicted octanol–water partition coefficient (Wildman–Crippen LogP) is 2.23. The molecule has 1 N–H and O–H groups in total. The summed E-state index contributed by atoms with van der Waals surface area (Å²) in [6, 6.07) is 10.8. The van der Waals surface area contributed by atoms with E-state index in [4.69, 9.17) is 11.6 Å². The fourth-order valence-corrected chi connectivity index (χ4v) is 3.83. The Bertz CT molecular complexity index is 749. The molecule has 6 heteroatoms. The van der Waals surface area contributed by atoms with Gasteiger partial charge in [-0.3, -0.25) is 9.69 Å². The largest absolute Gasteiger partial charge is 0.366 e. The monoisotopic (exact) mass is 330 g/mol. The molecule has 0 radical (unpaired) electrons. The number of rotatable bonds is 3. The number of anilines is 1. The summed E-state index contributed by atoms with van der Waals surface area (Å²) in [5, 5.41) is 6.47. The number of H-pyrrole nitrogens is 1. The van der Waals surface area contributed by atoms with E-state index in [2.05, 4.69) is 50.3 Å². The van der Waals surface area contributed by atoms with Gasteiger partial charge in [0.2, 0.25) is 0 Å². The summed E-state index contributed by atoms with van der Waals surface area (Å²) in [6.45, 7) is 3.66. The third kappa shape index (κ3) is 2.54. The first-order chi connectivity index (χ1) is 11.2. The molecule has 1 aromatic heterocycles. The second kappa shape index (κ2) is 5.65. The van der Waals surface area contributed by atoms with Crippen LogP contribution in [0.5, 0.6) is 0 Å². The van der Waals surface area contributed by atoms with E-state index in [9.17, 15) is 4.79 Å². The van der Waals surface area contributed by atoms with Crippen LogP contribution in [0.3, 0.4) is 0 Å². The molecule has 0 unspecified atom stereocenters. The topological polar surface area (TPSA) is 52.2 Å². The number of benzene rings is 1. The minimum absolute atomic E-state index is 0.226. The normalized spacial score (nSPS) is 20.5. The van der Waals surface area contributed by atoms with Gasteiger partial charge < -0.3 is 4.90 Å². The third-order valence-corrected chi connectivity index (χ3v) is 5.40. The Morgan fingerprint density at radius 3 is 2.43 bits per heavy atom. The Morgan fingerprint density at radius 2 is 1.78 bits per heavy atom. The van der Waals surface area contributed by atoms with E-state index < -0.39 is 0 Å². The van der Waals surface area contributed by atoms with Crippen LogP contribution in [0.4, 0.5) is 5.69 Å². The molecule has 2 fully saturated rings. The van der Waals surface area contributed by atoms with Crippen molar-refractivity contribution >= 4 is 17.3 Å². The lowest BCUT2D eigenvalue weighted by Gasteiger charge is -2.41. The zero-order valence-electron chi connectivity index (χ0n) is 12.8. The lowest BCUT2D eigenvalue weighted by atomic mass is 10.0. The third-order valence-electron chi connectivity index (χ3n) is 5.04. The molecule has 1 aliphatic carbocycles. The molecule has 0 spiro atoms. The van der Waals surface area contributed by atoms with E-state index in [1.807, 2.05) is 0 Å². The zero-order valence-corrected chi connectivity index (χ0v) is 13.6. The van der Waals surface area contributed by atoms with Crippen molar-refractivity contribution in [2.75, 3.05) is 31.1 Å². The second-order valence-electron chi connectivity index (χ2n) is 6.27. The molecule has 1 aliphatic heterocycles. The molecule has 4 rings (SSSR count). The molecule has 0 bridgehead atoms. The van der Waals surface area contributed by atoms with Gasteiger partial charge in [0.25, 0.3) is 5.56 Å². The van der Waals surface area contributed by atoms with Gasteiger partial charge in [-0.2, -0.15) is 5.10 Å². The van der Waals surface area contributed by atoms with E-state index in [-0.39, 0.29) is 16.1 Å². The van der Waals surface area contributed by atoms with Crippen molar-refractivity contribution in [3.8, 4) is 0 Å². The molecule has 1 aromatic carbocycles. The van der Waals surface area contributed by atoms with Crippen LogP contribution in [0.1, 0.15) is 18.4 Å². The molecule has 0 atom stereocenters. The van der Waals surface area contributed by atoms with Crippen LogP contribution in [0.15, 0.2) is 41.3 Å². The summed E-state index contributed by atoms with van der Waals surface area (Å²) in [5.74, 6) is 0. The van der Waals surface area contributed by atoms with Crippen LogP contribution in [-0.2, 0) is 5.54 Å². The molecular weight excluding hydrogens is 312 g/mol. The number of nitrogens with zero attached hydrogens (tertiary/aromatic N) is 3. The summed E-state index contributed by atoms with van der Waals surface area (Å²) in [4.78, 5) is 16.3. The average Bonchev–Trinajstić information content (AvgIpc) is 3.40. The van der Waals surface area contributed by atoms with Gasteiger partial charge in [0.1, 0.15) is 5.02 Å². The van der Waals surface area contributed by atoms with Crippen molar-refractivity contribution in [1.82, 2.24) is 15.1 Å². The number of nitrogens with one attached hydrogen (secondary N) is 1. The Hall–Kier alpha value is -1.85. The first-order valence-electron chi connectivity index (χ1n) is 7.99. The summed E-state index contributed by atoms with van der Waals surface area (Å²) in [7, 11) is 0. The molecule has 23 heavy (non-hydrogen) atoms. The van der Waals surface area contributed by atoms with Gasteiger partial charge in [-0.05, 0) is 18.4 Å². The van der Waals surface area contributed by atoms with E-state index in [0.29, 0.717) is 0 Å². The van der Waals surface area contributed by atoms with Crippen LogP contribution in [0.25, 0.3) is 0 Å². The molecule has 1 saturated carbocycles. The van der Waals surface area contributed by atoms with Crippen molar-refractivity contribution in [2.45, 2.75) is 18.4 Å². The maximum Gasteiger partial charge on any atom is 0.285 e. The number of hydrogen-bond acceptors (Lipinski definition) is 4. The first kappa shape index (κ1) is 14.7. The highest BCUT2D eigenvalue weighted by Gasteiger charge is 2.49. The average molecular weight is 331 g/mol. The van der Waals surface area contributed by atoms with E-state index in [1.54, 1.807) is 6.20 Å². The fraction of sp³-hybridized carbons (Fsp3) is 0.412. The second-order valence-corrected chi connectivity index (χ2v) is 6.65. The van der Waals surface area contributed by atoms with E-state index in [1.165, 1.54) is 18.4 Å². The van der Waals surface area contributed by atoms with Gasteiger partial charge in [0, 0.05) is 31.7 Å². The maximum absolute atomic E-state index is 11.6. The minimum Gasteiger partial charge on any atom is -0.366 e. The molecule has 1 saturated heterocycles. The zero-order chi connectivity index (χ0) is 15.9. The highest BCUT2D eigenvalue weighted by Crippen LogP contribution is 2.51.